The SMILES string of the molecule is Cc1cc(C)n2ncc(C(=O)Nc3c(C)noc3C)c2n1. The predicted molar refractivity (Wildman–Crippen MR) is 76.4 cm³/mol. The maximum Gasteiger partial charge on any atom is 0.261 e. The first kappa shape index (κ1) is 13.3. The van der Waals surface area contributed by atoms with Crippen LogP contribution in [0.15, 0.2) is 16.8 Å². The number of hydrogen-bond acceptors (Lipinski definition) is 5. The first-order chi connectivity index (χ1) is 9.97. The van der Waals surface area contributed by atoms with Crippen LogP contribution in [-0.4, -0.2) is 25.7 Å². The Hall–Kier alpha value is -2.70. The lowest BCUT2D eigenvalue weighted by Crippen LogP contribution is -2.13. The van der Waals surface area contributed by atoms with E-state index in [9.17, 15) is 4.79 Å². The fourth-order valence-electron chi connectivity index (χ4n) is 2.27. The zero-order valence-corrected chi connectivity index (χ0v) is 12.3. The van der Waals surface area contributed by atoms with Crippen molar-refractivity contribution in [3.05, 3.63) is 40.7 Å². The molecule has 0 radical (unpaired) electrons. The Morgan fingerprint density at radius 3 is 2.71 bits per heavy atom. The molecule has 7 heteroatoms. The van der Waals surface area contributed by atoms with E-state index in [4.69, 9.17) is 4.52 Å². The number of fused-ring (bicyclic) bond motifs is 1. The molecule has 0 aromatic carbocycles. The molecular weight excluding hydrogens is 270 g/mol. The summed E-state index contributed by atoms with van der Waals surface area (Å²) in [7, 11) is 0. The van der Waals surface area contributed by atoms with Gasteiger partial charge in [-0.2, -0.15) is 5.10 Å². The van der Waals surface area contributed by atoms with E-state index in [2.05, 4.69) is 20.6 Å². The number of amides is 1. The van der Waals surface area contributed by atoms with E-state index in [0.29, 0.717) is 28.4 Å². The van der Waals surface area contributed by atoms with E-state index in [1.54, 1.807) is 18.4 Å². The summed E-state index contributed by atoms with van der Waals surface area (Å²) in [6.07, 6.45) is 1.52. The van der Waals surface area contributed by atoms with Crippen LogP contribution in [0.1, 0.15) is 33.2 Å². The van der Waals surface area contributed by atoms with Crippen molar-refractivity contribution < 1.29 is 9.32 Å². The molecule has 3 heterocycles. The highest BCUT2D eigenvalue weighted by Gasteiger charge is 2.18. The van der Waals surface area contributed by atoms with Crippen molar-refractivity contribution in [2.75, 3.05) is 5.32 Å². The summed E-state index contributed by atoms with van der Waals surface area (Å²) >= 11 is 0. The number of hydrogen-bond donors (Lipinski definition) is 1. The Morgan fingerprint density at radius 1 is 1.29 bits per heavy atom. The van der Waals surface area contributed by atoms with Crippen molar-refractivity contribution in [2.45, 2.75) is 27.7 Å². The largest absolute Gasteiger partial charge is 0.359 e. The second-order valence-corrected chi connectivity index (χ2v) is 4.99. The van der Waals surface area contributed by atoms with Gasteiger partial charge >= 0.3 is 0 Å². The number of aromatic nitrogens is 4. The summed E-state index contributed by atoms with van der Waals surface area (Å²) in [5.41, 5.74) is 3.95. The Balaban J connectivity index is 2.03. The average molecular weight is 285 g/mol. The van der Waals surface area contributed by atoms with Crippen molar-refractivity contribution in [1.29, 1.82) is 0 Å². The minimum Gasteiger partial charge on any atom is -0.359 e. The zero-order chi connectivity index (χ0) is 15.1. The van der Waals surface area contributed by atoms with E-state index in [1.807, 2.05) is 19.9 Å². The van der Waals surface area contributed by atoms with Crippen LogP contribution in [0.4, 0.5) is 5.69 Å². The molecule has 0 aliphatic rings. The fraction of sp³-hybridized carbons (Fsp3) is 0.286. The zero-order valence-electron chi connectivity index (χ0n) is 12.3. The number of aryl methyl sites for hydroxylation is 4. The summed E-state index contributed by atoms with van der Waals surface area (Å²) in [5.74, 6) is 0.287. The highest BCUT2D eigenvalue weighted by molar-refractivity contribution is 6.08. The number of carbonyl (C=O) groups excluding carboxylic acids is 1. The van der Waals surface area contributed by atoms with Gasteiger partial charge in [0.05, 0.1) is 6.20 Å². The molecule has 0 aliphatic heterocycles. The normalized spacial score (nSPS) is 11.0. The number of carbonyl (C=O) groups is 1. The van der Waals surface area contributed by atoms with E-state index >= 15 is 0 Å². The molecule has 0 saturated heterocycles. The lowest BCUT2D eigenvalue weighted by Gasteiger charge is -2.04. The lowest BCUT2D eigenvalue weighted by molar-refractivity contribution is 0.102. The van der Waals surface area contributed by atoms with Gasteiger partial charge in [-0.05, 0) is 33.8 Å². The molecule has 3 aromatic rings. The highest BCUT2D eigenvalue weighted by Crippen LogP contribution is 2.20. The van der Waals surface area contributed by atoms with Gasteiger partial charge in [-0.3, -0.25) is 4.79 Å². The van der Waals surface area contributed by atoms with Gasteiger partial charge in [0.25, 0.3) is 5.91 Å². The Morgan fingerprint density at radius 2 is 2.05 bits per heavy atom. The minimum absolute atomic E-state index is 0.281. The van der Waals surface area contributed by atoms with Crippen LogP contribution in [-0.2, 0) is 0 Å². The quantitative estimate of drug-likeness (QED) is 0.780. The first-order valence-electron chi connectivity index (χ1n) is 6.53. The Labute approximate surface area is 121 Å². The van der Waals surface area contributed by atoms with Gasteiger partial charge in [0.2, 0.25) is 0 Å². The van der Waals surface area contributed by atoms with Crippen molar-refractivity contribution in [3.63, 3.8) is 0 Å². The van der Waals surface area contributed by atoms with Gasteiger partial charge in [0, 0.05) is 11.4 Å². The van der Waals surface area contributed by atoms with Crippen molar-refractivity contribution in [1.82, 2.24) is 19.8 Å². The minimum atomic E-state index is -0.281. The Kier molecular flexibility index (Phi) is 2.97. The third-order valence-corrected chi connectivity index (χ3v) is 3.29. The molecule has 3 aromatic heterocycles. The van der Waals surface area contributed by atoms with Gasteiger partial charge < -0.3 is 9.84 Å². The Bertz CT molecular complexity index is 827. The second-order valence-electron chi connectivity index (χ2n) is 4.99. The van der Waals surface area contributed by atoms with Crippen LogP contribution in [0.2, 0.25) is 0 Å². The van der Waals surface area contributed by atoms with Crippen LogP contribution in [0.5, 0.6) is 0 Å². The van der Waals surface area contributed by atoms with Crippen molar-refractivity contribution in [2.24, 2.45) is 0 Å². The molecular formula is C14H15N5O2. The second kappa shape index (κ2) is 4.69. The molecule has 0 saturated carbocycles. The number of nitrogens with one attached hydrogen (secondary N) is 1. The third-order valence-electron chi connectivity index (χ3n) is 3.29. The maximum atomic E-state index is 12.4. The topological polar surface area (TPSA) is 85.3 Å². The molecule has 0 bridgehead atoms. The van der Waals surface area contributed by atoms with Gasteiger partial charge in [-0.15, -0.1) is 0 Å². The van der Waals surface area contributed by atoms with Crippen LogP contribution in [0, 0.1) is 27.7 Å². The van der Waals surface area contributed by atoms with E-state index < -0.39 is 0 Å². The molecule has 7 nitrogen and oxygen atoms in total. The molecule has 0 unspecified atom stereocenters. The summed E-state index contributed by atoms with van der Waals surface area (Å²) in [6, 6.07) is 1.91. The predicted octanol–water partition coefficient (Wildman–Crippen LogP) is 2.20. The smallest absolute Gasteiger partial charge is 0.261 e. The summed E-state index contributed by atoms with van der Waals surface area (Å²) in [5, 5.41) is 10.8. The molecule has 3 rings (SSSR count). The molecule has 1 N–H and O–H groups in total. The van der Waals surface area contributed by atoms with Crippen LogP contribution >= 0.6 is 0 Å². The van der Waals surface area contributed by atoms with Crippen LogP contribution in [0.3, 0.4) is 0 Å². The van der Waals surface area contributed by atoms with Crippen LogP contribution < -0.4 is 5.32 Å². The van der Waals surface area contributed by atoms with E-state index in [1.165, 1.54) is 6.20 Å². The first-order valence-corrected chi connectivity index (χ1v) is 6.53. The molecule has 0 aliphatic carbocycles. The molecule has 0 fully saturated rings. The van der Waals surface area contributed by atoms with E-state index in [0.717, 1.165) is 11.4 Å². The monoisotopic (exact) mass is 285 g/mol. The van der Waals surface area contributed by atoms with E-state index in [-0.39, 0.29) is 5.91 Å². The lowest BCUT2D eigenvalue weighted by atomic mass is 10.2. The standard InChI is InChI=1S/C14H15N5O2/c1-7-5-8(2)19-13(16-7)11(6-15-19)14(20)17-12-9(3)18-21-10(12)4/h5-6H,1-4H3,(H,17,20). The summed E-state index contributed by atoms with van der Waals surface area (Å²) in [4.78, 5) is 16.8. The number of nitrogens with zero attached hydrogens (tertiary/aromatic N) is 4. The molecule has 0 spiro atoms. The maximum absolute atomic E-state index is 12.4. The third kappa shape index (κ3) is 2.16. The number of rotatable bonds is 2. The summed E-state index contributed by atoms with van der Waals surface area (Å²) < 4.78 is 6.69. The summed E-state index contributed by atoms with van der Waals surface area (Å²) in [6.45, 7) is 7.33. The highest BCUT2D eigenvalue weighted by atomic mass is 16.5. The van der Waals surface area contributed by atoms with Crippen LogP contribution in [0.25, 0.3) is 5.65 Å². The van der Waals surface area contributed by atoms with Gasteiger partial charge in [-0.1, -0.05) is 5.16 Å². The average Bonchev–Trinajstić information content (AvgIpc) is 2.97. The van der Waals surface area contributed by atoms with Gasteiger partial charge in [-0.25, -0.2) is 9.50 Å². The van der Waals surface area contributed by atoms with Crippen molar-refractivity contribution in [3.8, 4) is 0 Å². The molecule has 108 valence electrons. The van der Waals surface area contributed by atoms with Gasteiger partial charge in [0.15, 0.2) is 11.4 Å². The van der Waals surface area contributed by atoms with Gasteiger partial charge in [0.1, 0.15) is 16.9 Å². The number of anilines is 1. The molecule has 21 heavy (non-hydrogen) atoms. The van der Waals surface area contributed by atoms with Crippen molar-refractivity contribution >= 4 is 17.2 Å². The molecule has 1 amide bonds. The fourth-order valence-corrected chi connectivity index (χ4v) is 2.27. The molecule has 0 atom stereocenters.